The topological polar surface area (TPSA) is 89.6 Å². The molecular weight excluding hydrogens is 342 g/mol. The third-order valence-electron chi connectivity index (χ3n) is 5.56. The summed E-state index contributed by atoms with van der Waals surface area (Å²) in [7, 11) is -0.355. The van der Waals surface area contributed by atoms with Crippen LogP contribution in [0.15, 0.2) is 6.07 Å². The molecular formula is C16H25N5O3S. The van der Waals surface area contributed by atoms with Crippen LogP contribution < -0.4 is 0 Å². The van der Waals surface area contributed by atoms with Gasteiger partial charge >= 0.3 is 0 Å². The zero-order valence-corrected chi connectivity index (χ0v) is 15.5. The molecule has 1 N–H and O–H groups in total. The molecule has 1 amide bonds. The van der Waals surface area contributed by atoms with Crippen LogP contribution in [0, 0.1) is 5.92 Å². The lowest BCUT2D eigenvalue weighted by atomic mass is 9.94. The quantitative estimate of drug-likeness (QED) is 0.845. The molecule has 8 nitrogen and oxygen atoms in total. The molecule has 4 heterocycles. The smallest absolute Gasteiger partial charge is 0.281 e. The van der Waals surface area contributed by atoms with Crippen LogP contribution in [0.4, 0.5) is 0 Å². The van der Waals surface area contributed by atoms with Crippen molar-refractivity contribution >= 4 is 16.1 Å². The maximum Gasteiger partial charge on any atom is 0.281 e. The fraction of sp³-hybridized carbons (Fsp3) is 0.750. The summed E-state index contributed by atoms with van der Waals surface area (Å²) in [6.45, 7) is 1.45. The van der Waals surface area contributed by atoms with E-state index in [1.165, 1.54) is 8.61 Å². The number of amides is 1. The van der Waals surface area contributed by atoms with Crippen molar-refractivity contribution in [3.05, 3.63) is 17.5 Å². The van der Waals surface area contributed by atoms with Crippen LogP contribution in [-0.4, -0.2) is 77.8 Å². The van der Waals surface area contributed by atoms with Gasteiger partial charge in [-0.15, -0.1) is 0 Å². The Kier molecular flexibility index (Phi) is 4.12. The largest absolute Gasteiger partial charge is 0.333 e. The van der Waals surface area contributed by atoms with Gasteiger partial charge in [-0.1, -0.05) is 0 Å². The highest BCUT2D eigenvalue weighted by Crippen LogP contribution is 2.39. The van der Waals surface area contributed by atoms with Gasteiger partial charge < -0.3 is 4.90 Å². The highest BCUT2D eigenvalue weighted by molar-refractivity contribution is 7.86. The number of piperidine rings is 1. The van der Waals surface area contributed by atoms with Crippen molar-refractivity contribution in [3.8, 4) is 0 Å². The number of hydrogen-bond acceptors (Lipinski definition) is 4. The van der Waals surface area contributed by atoms with E-state index in [9.17, 15) is 13.2 Å². The van der Waals surface area contributed by atoms with Gasteiger partial charge in [-0.25, -0.2) is 0 Å². The number of carbonyl (C=O) groups excluding carboxylic acids is 1. The first-order valence-corrected chi connectivity index (χ1v) is 10.3. The zero-order chi connectivity index (χ0) is 17.8. The number of nitrogens with zero attached hydrogens (tertiary/aromatic N) is 4. The van der Waals surface area contributed by atoms with Crippen LogP contribution in [0.3, 0.4) is 0 Å². The molecule has 25 heavy (non-hydrogen) atoms. The molecule has 0 unspecified atom stereocenters. The highest BCUT2D eigenvalue weighted by atomic mass is 32.2. The number of hydrogen-bond donors (Lipinski definition) is 1. The normalized spacial score (nSPS) is 27.7. The van der Waals surface area contributed by atoms with E-state index in [0.29, 0.717) is 31.2 Å². The van der Waals surface area contributed by atoms with E-state index in [-0.39, 0.29) is 17.9 Å². The molecule has 138 valence electrons. The van der Waals surface area contributed by atoms with Crippen LogP contribution in [-0.2, 0) is 10.2 Å². The number of nitrogens with one attached hydrogen (secondary N) is 1. The second kappa shape index (κ2) is 6.07. The van der Waals surface area contributed by atoms with E-state index in [1.54, 1.807) is 14.1 Å². The second-order valence-electron chi connectivity index (χ2n) is 7.64. The first kappa shape index (κ1) is 17.0. The standard InChI is InChI=1S/C16H25N5O3S/c1-19(2)25(23,24)20-8-11-3-6-13(10-20)21(9-11)16(22)15-7-14(17-18-15)12-4-5-12/h7,11-13H,3-6,8-10H2,1-2H3,(H,17,18)/t11-,13+/m0/s1. The lowest BCUT2D eigenvalue weighted by molar-refractivity contribution is 0.0582. The number of aromatic nitrogens is 2. The van der Waals surface area contributed by atoms with Crippen molar-refractivity contribution in [2.24, 2.45) is 5.92 Å². The maximum atomic E-state index is 13.0. The molecule has 3 aliphatic heterocycles. The average Bonchev–Trinajstić information content (AvgIpc) is 3.37. The molecule has 0 radical (unpaired) electrons. The SMILES string of the molecule is CN(C)S(=O)(=O)N1C[C@@H]2CC[C@H](C1)N(C(=O)c1cc(C3CC3)[nH]n1)C2. The maximum absolute atomic E-state index is 13.0. The number of H-pyrrole nitrogens is 1. The van der Waals surface area contributed by atoms with Crippen molar-refractivity contribution in [3.63, 3.8) is 0 Å². The van der Waals surface area contributed by atoms with Crippen molar-refractivity contribution in [2.75, 3.05) is 33.7 Å². The number of fused-ring (bicyclic) bond motifs is 4. The Labute approximate surface area is 148 Å². The molecule has 1 aromatic heterocycles. The minimum absolute atomic E-state index is 0.0814. The summed E-state index contributed by atoms with van der Waals surface area (Å²) in [5.74, 6) is 0.622. The van der Waals surface area contributed by atoms with E-state index < -0.39 is 10.2 Å². The van der Waals surface area contributed by atoms with Crippen LogP contribution >= 0.6 is 0 Å². The molecule has 3 saturated heterocycles. The van der Waals surface area contributed by atoms with Gasteiger partial charge in [-0.05, 0) is 37.7 Å². The summed E-state index contributed by atoms with van der Waals surface area (Å²) in [5.41, 5.74) is 1.50. The molecule has 0 spiro atoms. The predicted octanol–water partition coefficient (Wildman–Crippen LogP) is 0.630. The van der Waals surface area contributed by atoms with Crippen LogP contribution in [0.2, 0.25) is 0 Å². The number of rotatable bonds is 4. The van der Waals surface area contributed by atoms with Gasteiger partial charge in [0.25, 0.3) is 16.1 Å². The molecule has 4 aliphatic rings. The van der Waals surface area contributed by atoms with E-state index in [4.69, 9.17) is 0 Å². The molecule has 1 aliphatic carbocycles. The average molecular weight is 367 g/mol. The van der Waals surface area contributed by atoms with Gasteiger partial charge in [-0.2, -0.15) is 22.1 Å². The molecule has 0 aromatic carbocycles. The van der Waals surface area contributed by atoms with E-state index in [0.717, 1.165) is 31.4 Å². The Morgan fingerprint density at radius 2 is 1.96 bits per heavy atom. The van der Waals surface area contributed by atoms with Gasteiger partial charge in [0.05, 0.1) is 0 Å². The molecule has 2 bridgehead atoms. The first-order chi connectivity index (χ1) is 11.9. The molecule has 4 fully saturated rings. The highest BCUT2D eigenvalue weighted by Gasteiger charge is 2.42. The zero-order valence-electron chi connectivity index (χ0n) is 14.7. The number of carbonyl (C=O) groups is 1. The van der Waals surface area contributed by atoms with Gasteiger partial charge in [0, 0.05) is 51.4 Å². The molecule has 5 rings (SSSR count). The Morgan fingerprint density at radius 3 is 2.64 bits per heavy atom. The Bertz CT molecular complexity index is 770. The second-order valence-corrected chi connectivity index (χ2v) is 9.79. The van der Waals surface area contributed by atoms with Crippen molar-refractivity contribution in [1.82, 2.24) is 23.7 Å². The molecule has 1 aromatic rings. The van der Waals surface area contributed by atoms with Gasteiger partial charge in [0.1, 0.15) is 5.69 Å². The third kappa shape index (κ3) is 3.09. The van der Waals surface area contributed by atoms with Gasteiger partial charge in [0.15, 0.2) is 0 Å². The summed E-state index contributed by atoms with van der Waals surface area (Å²) in [5, 5.41) is 7.19. The van der Waals surface area contributed by atoms with Crippen LogP contribution in [0.5, 0.6) is 0 Å². The van der Waals surface area contributed by atoms with Crippen molar-refractivity contribution < 1.29 is 13.2 Å². The lowest BCUT2D eigenvalue weighted by Gasteiger charge is -2.35. The van der Waals surface area contributed by atoms with Crippen molar-refractivity contribution in [1.29, 1.82) is 0 Å². The van der Waals surface area contributed by atoms with Crippen molar-refractivity contribution in [2.45, 2.75) is 37.6 Å². The fourth-order valence-electron chi connectivity index (χ4n) is 3.90. The Morgan fingerprint density at radius 1 is 1.20 bits per heavy atom. The van der Waals surface area contributed by atoms with E-state index in [2.05, 4.69) is 10.2 Å². The summed E-state index contributed by atoms with van der Waals surface area (Å²) in [4.78, 5) is 14.8. The van der Waals surface area contributed by atoms with Crippen LogP contribution in [0.1, 0.15) is 47.8 Å². The molecule has 1 saturated carbocycles. The summed E-state index contributed by atoms with van der Waals surface area (Å²) in [6, 6.07) is 1.79. The van der Waals surface area contributed by atoms with E-state index >= 15 is 0 Å². The monoisotopic (exact) mass is 367 g/mol. The molecule has 2 atom stereocenters. The molecule has 9 heteroatoms. The minimum Gasteiger partial charge on any atom is -0.333 e. The Balaban J connectivity index is 1.54. The Hall–Kier alpha value is -1.45. The number of aromatic amines is 1. The van der Waals surface area contributed by atoms with Crippen LogP contribution in [0.25, 0.3) is 0 Å². The van der Waals surface area contributed by atoms with E-state index in [1.807, 2.05) is 11.0 Å². The predicted molar refractivity (Wildman–Crippen MR) is 92.3 cm³/mol. The third-order valence-corrected chi connectivity index (χ3v) is 7.44. The first-order valence-electron chi connectivity index (χ1n) is 8.90. The van der Waals surface area contributed by atoms with Gasteiger partial charge in [0.2, 0.25) is 0 Å². The summed E-state index contributed by atoms with van der Waals surface area (Å²) >= 11 is 0. The van der Waals surface area contributed by atoms with Gasteiger partial charge in [-0.3, -0.25) is 9.89 Å². The summed E-state index contributed by atoms with van der Waals surface area (Å²) in [6.07, 6.45) is 4.11. The fourth-order valence-corrected chi connectivity index (χ4v) is 5.13. The minimum atomic E-state index is -3.45. The summed E-state index contributed by atoms with van der Waals surface area (Å²) < 4.78 is 27.8. The lowest BCUT2D eigenvalue weighted by Crippen LogP contribution is -2.48.